The van der Waals surface area contributed by atoms with Gasteiger partial charge < -0.3 is 19.7 Å². The second-order valence-electron chi connectivity index (χ2n) is 4.47. The molecule has 1 unspecified atom stereocenters. The molecule has 0 aromatic heterocycles. The molecule has 0 aliphatic heterocycles. The Bertz CT molecular complexity index is 648. The van der Waals surface area contributed by atoms with E-state index in [1.54, 1.807) is 31.2 Å². The summed E-state index contributed by atoms with van der Waals surface area (Å²) in [6, 6.07) is 12.5. The van der Waals surface area contributed by atoms with Crippen LogP contribution < -0.4 is 9.47 Å². The van der Waals surface area contributed by atoms with E-state index < -0.39 is 18.2 Å². The molecule has 6 heteroatoms. The third-order valence-corrected chi connectivity index (χ3v) is 2.75. The van der Waals surface area contributed by atoms with E-state index in [0.29, 0.717) is 5.75 Å². The molecule has 2 rings (SSSR count). The normalized spacial score (nSPS) is 11.5. The first-order valence-electron chi connectivity index (χ1n) is 6.46. The van der Waals surface area contributed by atoms with Gasteiger partial charge in [-0.1, -0.05) is 18.2 Å². The van der Waals surface area contributed by atoms with E-state index in [9.17, 15) is 9.59 Å². The smallest absolute Gasteiger partial charge is 0.335 e. The van der Waals surface area contributed by atoms with Crippen molar-refractivity contribution in [1.29, 1.82) is 0 Å². The van der Waals surface area contributed by atoms with Crippen LogP contribution in [-0.2, 0) is 0 Å². The van der Waals surface area contributed by atoms with Crippen LogP contribution in [0.1, 0.15) is 27.6 Å². The van der Waals surface area contributed by atoms with Crippen LogP contribution in [0.4, 0.5) is 0 Å². The zero-order valence-electron chi connectivity index (χ0n) is 11.7. The van der Waals surface area contributed by atoms with Crippen LogP contribution in [0, 0.1) is 0 Å². The molecule has 2 aromatic carbocycles. The number of para-hydroxylation sites is 1. The summed E-state index contributed by atoms with van der Waals surface area (Å²) in [4.78, 5) is 22.1. The Balaban J connectivity index is 2.17. The summed E-state index contributed by atoms with van der Waals surface area (Å²) in [7, 11) is 0. The molecule has 0 saturated heterocycles. The Morgan fingerprint density at radius 3 is 1.86 bits per heavy atom. The van der Waals surface area contributed by atoms with E-state index in [1.165, 1.54) is 12.1 Å². The van der Waals surface area contributed by atoms with Crippen LogP contribution in [0.3, 0.4) is 0 Å². The van der Waals surface area contributed by atoms with Crippen molar-refractivity contribution in [1.82, 2.24) is 0 Å². The number of carboxylic acids is 2. The Kier molecular flexibility index (Phi) is 4.63. The van der Waals surface area contributed by atoms with Gasteiger partial charge in [0, 0.05) is 6.92 Å². The number of rotatable bonds is 6. The first kappa shape index (κ1) is 15.4. The summed E-state index contributed by atoms with van der Waals surface area (Å²) < 4.78 is 11.0. The fourth-order valence-corrected chi connectivity index (χ4v) is 1.82. The van der Waals surface area contributed by atoms with Crippen LogP contribution >= 0.6 is 0 Å². The van der Waals surface area contributed by atoms with Gasteiger partial charge in [0.05, 0.1) is 11.1 Å². The fraction of sp³-hybridized carbons (Fsp3) is 0.125. The summed E-state index contributed by atoms with van der Waals surface area (Å²) in [6.45, 7) is 1.63. The highest BCUT2D eigenvalue weighted by atomic mass is 16.7. The maximum atomic E-state index is 11.0. The van der Waals surface area contributed by atoms with E-state index in [1.807, 2.05) is 6.07 Å². The van der Waals surface area contributed by atoms with Crippen LogP contribution in [0.2, 0.25) is 0 Å². The zero-order chi connectivity index (χ0) is 16.1. The molecule has 0 fully saturated rings. The molecular formula is C16H14O6. The molecule has 6 nitrogen and oxygen atoms in total. The number of benzene rings is 2. The van der Waals surface area contributed by atoms with E-state index >= 15 is 0 Å². The molecular weight excluding hydrogens is 288 g/mol. The number of hydrogen-bond donors (Lipinski definition) is 2. The molecule has 1 atom stereocenters. The van der Waals surface area contributed by atoms with Crippen molar-refractivity contribution < 1.29 is 29.3 Å². The van der Waals surface area contributed by atoms with Crippen LogP contribution in [0.5, 0.6) is 11.5 Å². The van der Waals surface area contributed by atoms with Crippen LogP contribution in [-0.4, -0.2) is 28.4 Å². The Labute approximate surface area is 126 Å². The Morgan fingerprint density at radius 1 is 0.864 bits per heavy atom. The minimum atomic E-state index is -1.23. The van der Waals surface area contributed by atoms with Crippen molar-refractivity contribution in [2.24, 2.45) is 0 Å². The van der Waals surface area contributed by atoms with Gasteiger partial charge in [0.25, 0.3) is 0 Å². The molecule has 114 valence electrons. The van der Waals surface area contributed by atoms with Crippen molar-refractivity contribution in [3.05, 3.63) is 59.7 Å². The summed E-state index contributed by atoms with van der Waals surface area (Å²) >= 11 is 0. The minimum Gasteiger partial charge on any atom is -0.478 e. The van der Waals surface area contributed by atoms with E-state index in [-0.39, 0.29) is 16.9 Å². The molecule has 0 aliphatic rings. The monoisotopic (exact) mass is 302 g/mol. The summed E-state index contributed by atoms with van der Waals surface area (Å²) in [5, 5.41) is 18.0. The third-order valence-electron chi connectivity index (χ3n) is 2.75. The summed E-state index contributed by atoms with van der Waals surface area (Å²) in [5.74, 6) is -1.77. The lowest BCUT2D eigenvalue weighted by atomic mass is 10.1. The lowest BCUT2D eigenvalue weighted by Crippen LogP contribution is -2.20. The quantitative estimate of drug-likeness (QED) is 0.797. The molecule has 2 aromatic rings. The van der Waals surface area contributed by atoms with Gasteiger partial charge in [-0.25, -0.2) is 9.59 Å². The molecule has 2 N–H and O–H groups in total. The lowest BCUT2D eigenvalue weighted by Gasteiger charge is -2.17. The van der Waals surface area contributed by atoms with Crippen molar-refractivity contribution in [2.45, 2.75) is 13.2 Å². The van der Waals surface area contributed by atoms with Crippen molar-refractivity contribution in [3.8, 4) is 11.5 Å². The van der Waals surface area contributed by atoms with Gasteiger partial charge >= 0.3 is 11.9 Å². The highest BCUT2D eigenvalue weighted by Crippen LogP contribution is 2.20. The average molecular weight is 302 g/mol. The maximum Gasteiger partial charge on any atom is 0.335 e. The second kappa shape index (κ2) is 6.62. The van der Waals surface area contributed by atoms with Gasteiger partial charge in [-0.05, 0) is 30.3 Å². The third kappa shape index (κ3) is 3.99. The predicted molar refractivity (Wildman–Crippen MR) is 77.5 cm³/mol. The maximum absolute atomic E-state index is 11.0. The molecule has 0 saturated carbocycles. The second-order valence-corrected chi connectivity index (χ2v) is 4.47. The zero-order valence-corrected chi connectivity index (χ0v) is 11.7. The number of ether oxygens (including phenoxy) is 2. The lowest BCUT2D eigenvalue weighted by molar-refractivity contribution is 0.0219. The van der Waals surface area contributed by atoms with Gasteiger partial charge in [-0.15, -0.1) is 0 Å². The van der Waals surface area contributed by atoms with Crippen molar-refractivity contribution in [3.63, 3.8) is 0 Å². The predicted octanol–water partition coefficient (Wildman–Crippen LogP) is 2.89. The molecule has 0 radical (unpaired) electrons. The van der Waals surface area contributed by atoms with Gasteiger partial charge in [0.2, 0.25) is 6.29 Å². The molecule has 0 spiro atoms. The first-order chi connectivity index (χ1) is 10.5. The number of hydrogen-bond acceptors (Lipinski definition) is 4. The van der Waals surface area contributed by atoms with Crippen LogP contribution in [0.15, 0.2) is 48.5 Å². The number of carbonyl (C=O) groups is 2. The molecule has 0 bridgehead atoms. The fourth-order valence-electron chi connectivity index (χ4n) is 1.82. The highest BCUT2D eigenvalue weighted by Gasteiger charge is 2.14. The van der Waals surface area contributed by atoms with Gasteiger partial charge in [-0.2, -0.15) is 0 Å². The van der Waals surface area contributed by atoms with E-state index in [4.69, 9.17) is 19.7 Å². The van der Waals surface area contributed by atoms with Gasteiger partial charge in [-0.3, -0.25) is 0 Å². The minimum absolute atomic E-state index is 0.112. The Hall–Kier alpha value is -3.02. The summed E-state index contributed by atoms with van der Waals surface area (Å²) in [6.07, 6.45) is -0.715. The van der Waals surface area contributed by atoms with Crippen LogP contribution in [0.25, 0.3) is 0 Å². The van der Waals surface area contributed by atoms with Crippen molar-refractivity contribution >= 4 is 11.9 Å². The largest absolute Gasteiger partial charge is 0.478 e. The average Bonchev–Trinajstić information content (AvgIpc) is 2.47. The molecule has 0 heterocycles. The van der Waals surface area contributed by atoms with Crippen molar-refractivity contribution in [2.75, 3.05) is 0 Å². The SMILES string of the molecule is CC(Oc1ccccc1)Oc1cc(C(=O)O)cc(C(=O)O)c1. The van der Waals surface area contributed by atoms with Gasteiger partial charge in [0.15, 0.2) is 0 Å². The molecule has 0 amide bonds. The standard InChI is InChI=1S/C16H14O6/c1-10(21-13-5-3-2-4-6-13)22-14-8-11(15(17)18)7-12(9-14)16(19)20/h2-10H,1H3,(H,17,18)(H,19,20). The highest BCUT2D eigenvalue weighted by molar-refractivity contribution is 5.94. The molecule has 22 heavy (non-hydrogen) atoms. The van der Waals surface area contributed by atoms with Gasteiger partial charge in [0.1, 0.15) is 11.5 Å². The first-order valence-corrected chi connectivity index (χ1v) is 6.46. The van der Waals surface area contributed by atoms with E-state index in [2.05, 4.69) is 0 Å². The topological polar surface area (TPSA) is 93.1 Å². The number of carboxylic acid groups (broad SMARTS) is 2. The molecule has 0 aliphatic carbocycles. The van der Waals surface area contributed by atoms with E-state index in [0.717, 1.165) is 6.07 Å². The number of aromatic carboxylic acids is 2. The summed E-state index contributed by atoms with van der Waals surface area (Å²) in [5.41, 5.74) is -0.330. The Morgan fingerprint density at radius 2 is 1.36 bits per heavy atom.